The van der Waals surface area contributed by atoms with Crippen molar-refractivity contribution >= 4 is 16.7 Å². The second kappa shape index (κ2) is 7.33. The third-order valence-corrected chi connectivity index (χ3v) is 5.55. The molecule has 7 heteroatoms. The zero-order valence-corrected chi connectivity index (χ0v) is 16.8. The van der Waals surface area contributed by atoms with E-state index in [4.69, 9.17) is 4.74 Å². The molecular weight excluding hydrogens is 381 g/mol. The number of pyridine rings is 2. The number of hydrogen-bond donors (Lipinski definition) is 0. The van der Waals surface area contributed by atoms with Gasteiger partial charge in [-0.3, -0.25) is 4.98 Å². The Bertz CT molecular complexity index is 1260. The average molecular weight is 401 g/mol. The van der Waals surface area contributed by atoms with Crippen LogP contribution in [-0.4, -0.2) is 33.6 Å². The Kier molecular flexibility index (Phi) is 4.50. The maximum absolute atomic E-state index is 13.4. The molecule has 6 nitrogen and oxygen atoms in total. The van der Waals surface area contributed by atoms with Crippen molar-refractivity contribution in [3.63, 3.8) is 0 Å². The molecule has 0 aliphatic carbocycles. The second-order valence-corrected chi connectivity index (χ2v) is 7.40. The summed E-state index contributed by atoms with van der Waals surface area (Å²) in [4.78, 5) is 19.7. The van der Waals surface area contributed by atoms with Gasteiger partial charge >= 0.3 is 0 Å². The minimum absolute atomic E-state index is 0.473. The number of fused-ring (bicyclic) bond motifs is 2. The summed E-state index contributed by atoms with van der Waals surface area (Å²) in [5, 5.41) is 0.961. The Morgan fingerprint density at radius 1 is 1.03 bits per heavy atom. The van der Waals surface area contributed by atoms with Crippen molar-refractivity contribution in [2.45, 2.75) is 19.9 Å². The van der Waals surface area contributed by atoms with Gasteiger partial charge in [-0.15, -0.1) is 0 Å². The number of methoxy groups -OCH3 is 1. The third-order valence-electron chi connectivity index (χ3n) is 5.55. The quantitative estimate of drug-likeness (QED) is 0.482. The molecule has 0 spiro atoms. The fourth-order valence-corrected chi connectivity index (χ4v) is 3.98. The van der Waals surface area contributed by atoms with Crippen LogP contribution >= 0.6 is 0 Å². The second-order valence-electron chi connectivity index (χ2n) is 7.40. The van der Waals surface area contributed by atoms with E-state index in [9.17, 15) is 4.39 Å². The number of benzene rings is 1. The molecule has 0 radical (unpaired) electrons. The van der Waals surface area contributed by atoms with Crippen molar-refractivity contribution in [3.8, 4) is 16.9 Å². The molecule has 0 amide bonds. The predicted octanol–water partition coefficient (Wildman–Crippen LogP) is 4.11. The number of rotatable bonds is 3. The Labute approximate surface area is 173 Å². The number of hydrogen-bond acceptors (Lipinski definition) is 6. The van der Waals surface area contributed by atoms with Crippen molar-refractivity contribution in [2.75, 3.05) is 18.6 Å². The van der Waals surface area contributed by atoms with Crippen LogP contribution in [0, 0.1) is 12.9 Å². The number of halogens is 1. The van der Waals surface area contributed by atoms with E-state index in [2.05, 4.69) is 30.9 Å². The van der Waals surface area contributed by atoms with Gasteiger partial charge in [0.2, 0.25) is 5.95 Å². The summed E-state index contributed by atoms with van der Waals surface area (Å²) in [5.41, 5.74) is 5.77. The normalized spacial score (nSPS) is 13.4. The topological polar surface area (TPSA) is 64.0 Å². The maximum Gasteiger partial charge on any atom is 0.213 e. The van der Waals surface area contributed by atoms with Gasteiger partial charge in [-0.2, -0.15) is 4.39 Å². The highest BCUT2D eigenvalue weighted by Gasteiger charge is 2.21. The summed E-state index contributed by atoms with van der Waals surface area (Å²) in [6.45, 7) is 3.39. The van der Waals surface area contributed by atoms with E-state index in [1.165, 1.54) is 6.07 Å². The van der Waals surface area contributed by atoms with E-state index >= 15 is 0 Å². The summed E-state index contributed by atoms with van der Waals surface area (Å²) in [7, 11) is 1.65. The van der Waals surface area contributed by atoms with Crippen LogP contribution < -0.4 is 9.64 Å². The van der Waals surface area contributed by atoms with Gasteiger partial charge in [-0.05, 0) is 48.4 Å². The number of ether oxygens (including phenoxy) is 1. The van der Waals surface area contributed by atoms with E-state index in [1.54, 1.807) is 19.6 Å². The molecule has 0 unspecified atom stereocenters. The Morgan fingerprint density at radius 2 is 1.93 bits per heavy atom. The van der Waals surface area contributed by atoms with Crippen LogP contribution in [-0.2, 0) is 13.0 Å². The molecule has 0 fully saturated rings. The van der Waals surface area contributed by atoms with Crippen LogP contribution in [0.4, 0.5) is 10.2 Å². The van der Waals surface area contributed by atoms with E-state index in [0.29, 0.717) is 6.54 Å². The number of aryl methyl sites for hydroxylation is 1. The first-order chi connectivity index (χ1) is 14.6. The Hall–Kier alpha value is -3.61. The largest absolute Gasteiger partial charge is 0.497 e. The predicted molar refractivity (Wildman–Crippen MR) is 113 cm³/mol. The monoisotopic (exact) mass is 401 g/mol. The van der Waals surface area contributed by atoms with E-state index in [1.807, 2.05) is 31.3 Å². The third kappa shape index (κ3) is 3.22. The fraction of sp³-hybridized carbons (Fsp3) is 0.217. The van der Waals surface area contributed by atoms with Crippen LogP contribution in [0.15, 0.2) is 49.1 Å². The Balaban J connectivity index is 1.53. The number of anilines is 1. The maximum atomic E-state index is 13.4. The smallest absolute Gasteiger partial charge is 0.213 e. The lowest BCUT2D eigenvalue weighted by molar-refractivity contribution is 0.415. The Morgan fingerprint density at radius 3 is 2.77 bits per heavy atom. The highest BCUT2D eigenvalue weighted by atomic mass is 19.1. The molecule has 0 bridgehead atoms. The standard InChI is InChI=1S/C23H20FN5O/c1-14-7-22(24)26-11-19(14)15-8-16-12-29(6-5-20(16)25-10-15)23-18-9-17(30-2)3-4-21(18)27-13-28-23/h3-4,7-11,13H,5-6,12H2,1-2H3. The first-order valence-corrected chi connectivity index (χ1v) is 9.76. The fourth-order valence-electron chi connectivity index (χ4n) is 3.98. The van der Waals surface area contributed by atoms with Gasteiger partial charge in [0, 0.05) is 54.1 Å². The van der Waals surface area contributed by atoms with Gasteiger partial charge in [-0.25, -0.2) is 15.0 Å². The van der Waals surface area contributed by atoms with E-state index in [-0.39, 0.29) is 0 Å². The zero-order valence-electron chi connectivity index (χ0n) is 16.8. The summed E-state index contributed by atoms with van der Waals surface area (Å²) >= 11 is 0. The van der Waals surface area contributed by atoms with Crippen molar-refractivity contribution in [1.82, 2.24) is 19.9 Å². The first kappa shape index (κ1) is 18.4. The van der Waals surface area contributed by atoms with E-state index in [0.717, 1.165) is 63.4 Å². The minimum atomic E-state index is -0.473. The highest BCUT2D eigenvalue weighted by Crippen LogP contribution is 2.32. The van der Waals surface area contributed by atoms with E-state index < -0.39 is 5.95 Å². The molecule has 0 saturated heterocycles. The van der Waals surface area contributed by atoms with Crippen molar-refractivity contribution in [2.24, 2.45) is 0 Å². The lowest BCUT2D eigenvalue weighted by Crippen LogP contribution is -2.31. The van der Waals surface area contributed by atoms with Crippen LogP contribution in [0.5, 0.6) is 5.75 Å². The molecule has 1 aliphatic rings. The van der Waals surface area contributed by atoms with Crippen LogP contribution in [0.25, 0.3) is 22.0 Å². The van der Waals surface area contributed by atoms with Gasteiger partial charge in [0.1, 0.15) is 17.9 Å². The lowest BCUT2D eigenvalue weighted by atomic mass is 9.99. The minimum Gasteiger partial charge on any atom is -0.497 e. The van der Waals surface area contributed by atoms with Crippen LogP contribution in [0.2, 0.25) is 0 Å². The van der Waals surface area contributed by atoms with Crippen molar-refractivity contribution in [1.29, 1.82) is 0 Å². The molecule has 1 aliphatic heterocycles. The van der Waals surface area contributed by atoms with Gasteiger partial charge in [-0.1, -0.05) is 0 Å². The van der Waals surface area contributed by atoms with Gasteiger partial charge in [0.25, 0.3) is 0 Å². The molecule has 1 aromatic carbocycles. The van der Waals surface area contributed by atoms with Crippen LogP contribution in [0.3, 0.4) is 0 Å². The molecule has 4 aromatic rings. The SMILES string of the molecule is COc1ccc2ncnc(N3CCc4ncc(-c5cnc(F)cc5C)cc4C3)c2c1. The van der Waals surface area contributed by atoms with Gasteiger partial charge in [0.15, 0.2) is 0 Å². The van der Waals surface area contributed by atoms with Crippen molar-refractivity contribution < 1.29 is 9.13 Å². The molecular formula is C23H20FN5O. The molecule has 4 heterocycles. The number of nitrogens with zero attached hydrogens (tertiary/aromatic N) is 5. The molecule has 0 atom stereocenters. The molecule has 3 aromatic heterocycles. The van der Waals surface area contributed by atoms with Crippen molar-refractivity contribution in [3.05, 3.63) is 71.8 Å². The van der Waals surface area contributed by atoms with Crippen LogP contribution in [0.1, 0.15) is 16.8 Å². The van der Waals surface area contributed by atoms with Gasteiger partial charge < -0.3 is 9.64 Å². The van der Waals surface area contributed by atoms with Gasteiger partial charge in [0.05, 0.1) is 12.6 Å². The molecule has 0 N–H and O–H groups in total. The zero-order chi connectivity index (χ0) is 20.7. The highest BCUT2D eigenvalue weighted by molar-refractivity contribution is 5.90. The number of aromatic nitrogens is 4. The summed E-state index contributed by atoms with van der Waals surface area (Å²) in [6.07, 6.45) is 5.84. The summed E-state index contributed by atoms with van der Waals surface area (Å²) in [6, 6.07) is 9.39. The average Bonchev–Trinajstić information content (AvgIpc) is 2.77. The molecule has 0 saturated carbocycles. The summed E-state index contributed by atoms with van der Waals surface area (Å²) in [5.74, 6) is 1.19. The lowest BCUT2D eigenvalue weighted by Gasteiger charge is -2.30. The molecule has 150 valence electrons. The summed E-state index contributed by atoms with van der Waals surface area (Å²) < 4.78 is 18.8. The molecule has 30 heavy (non-hydrogen) atoms. The first-order valence-electron chi connectivity index (χ1n) is 9.76. The molecule has 5 rings (SSSR count).